The van der Waals surface area contributed by atoms with Gasteiger partial charge in [-0.05, 0) is 94.1 Å². The van der Waals surface area contributed by atoms with Crippen molar-refractivity contribution in [2.75, 3.05) is 10.8 Å². The molecule has 10 heteroatoms. The molecule has 3 aromatic carbocycles. The zero-order valence-corrected chi connectivity index (χ0v) is 26.6. The van der Waals surface area contributed by atoms with E-state index in [1.54, 1.807) is 49.4 Å². The molecule has 0 aliphatic heterocycles. The molecule has 2 unspecified atom stereocenters. The number of rotatable bonds is 11. The van der Waals surface area contributed by atoms with Crippen molar-refractivity contribution in [1.82, 2.24) is 10.2 Å². The molecule has 3 rings (SSSR count). The van der Waals surface area contributed by atoms with Crippen LogP contribution in [0.4, 0.5) is 5.69 Å². The number of sulfonamides is 1. The predicted molar refractivity (Wildman–Crippen MR) is 166 cm³/mol. The summed E-state index contributed by atoms with van der Waals surface area (Å²) in [7, 11) is -4.15. The number of carbonyl (C=O) groups excluding carboxylic acids is 2. The number of hydrogen-bond acceptors (Lipinski definition) is 4. The molecular formula is C31H37Cl2N3O4S. The molecule has 0 saturated heterocycles. The molecule has 0 bridgehead atoms. The Morgan fingerprint density at radius 3 is 2.05 bits per heavy atom. The van der Waals surface area contributed by atoms with Gasteiger partial charge in [-0.1, -0.05) is 60.0 Å². The minimum Gasteiger partial charge on any atom is -0.352 e. The van der Waals surface area contributed by atoms with Gasteiger partial charge in [0.2, 0.25) is 11.8 Å². The van der Waals surface area contributed by atoms with Gasteiger partial charge in [0, 0.05) is 22.6 Å². The molecule has 0 radical (unpaired) electrons. The lowest BCUT2D eigenvalue weighted by Gasteiger charge is -2.33. The molecule has 2 amide bonds. The van der Waals surface area contributed by atoms with Crippen molar-refractivity contribution >= 4 is 50.7 Å². The van der Waals surface area contributed by atoms with E-state index in [9.17, 15) is 18.0 Å². The average molecular weight is 619 g/mol. The summed E-state index contributed by atoms with van der Waals surface area (Å²) >= 11 is 12.5. The van der Waals surface area contributed by atoms with Gasteiger partial charge in [-0.3, -0.25) is 13.9 Å². The van der Waals surface area contributed by atoms with Crippen LogP contribution in [0.1, 0.15) is 49.4 Å². The molecule has 2 atom stereocenters. The quantitative estimate of drug-likeness (QED) is 0.268. The van der Waals surface area contributed by atoms with Crippen LogP contribution in [-0.4, -0.2) is 43.8 Å². The molecule has 0 aliphatic carbocycles. The smallest absolute Gasteiger partial charge is 0.264 e. The van der Waals surface area contributed by atoms with Gasteiger partial charge in [0.1, 0.15) is 12.6 Å². The predicted octanol–water partition coefficient (Wildman–Crippen LogP) is 6.45. The van der Waals surface area contributed by atoms with E-state index >= 15 is 0 Å². The fraction of sp³-hybridized carbons (Fsp3) is 0.355. The number of benzene rings is 3. The lowest BCUT2D eigenvalue weighted by Crippen LogP contribution is -2.52. The highest BCUT2D eigenvalue weighted by Gasteiger charge is 2.33. The number of carbonyl (C=O) groups is 2. The van der Waals surface area contributed by atoms with Crippen molar-refractivity contribution in [3.8, 4) is 0 Å². The molecule has 0 aromatic heterocycles. The summed E-state index contributed by atoms with van der Waals surface area (Å²) in [5, 5.41) is 3.69. The first-order valence-electron chi connectivity index (χ1n) is 13.4. The van der Waals surface area contributed by atoms with Gasteiger partial charge < -0.3 is 10.2 Å². The molecule has 0 spiro atoms. The average Bonchev–Trinajstić information content (AvgIpc) is 2.90. The fourth-order valence-corrected chi connectivity index (χ4v) is 6.21. The molecular weight excluding hydrogens is 581 g/mol. The Labute approximate surface area is 253 Å². The molecule has 1 N–H and O–H groups in total. The Kier molecular flexibility index (Phi) is 10.9. The van der Waals surface area contributed by atoms with Crippen molar-refractivity contribution < 1.29 is 18.0 Å². The summed E-state index contributed by atoms with van der Waals surface area (Å²) < 4.78 is 29.1. The molecule has 220 valence electrons. The van der Waals surface area contributed by atoms with Crippen molar-refractivity contribution in [3.63, 3.8) is 0 Å². The lowest BCUT2D eigenvalue weighted by molar-refractivity contribution is -0.139. The number of amides is 2. The summed E-state index contributed by atoms with van der Waals surface area (Å²) in [5.41, 5.74) is 3.54. The number of halogens is 2. The van der Waals surface area contributed by atoms with E-state index in [4.69, 9.17) is 23.2 Å². The molecule has 0 fully saturated rings. The van der Waals surface area contributed by atoms with Crippen LogP contribution in [0.3, 0.4) is 0 Å². The first-order chi connectivity index (χ1) is 19.2. The molecule has 0 heterocycles. The third-order valence-corrected chi connectivity index (χ3v) is 9.28. The van der Waals surface area contributed by atoms with Crippen LogP contribution in [0.5, 0.6) is 0 Å². The summed E-state index contributed by atoms with van der Waals surface area (Å²) in [5.74, 6) is -0.908. The van der Waals surface area contributed by atoms with E-state index in [-0.39, 0.29) is 23.4 Å². The first kappa shape index (κ1) is 32.4. The van der Waals surface area contributed by atoms with Crippen LogP contribution in [0.2, 0.25) is 10.0 Å². The minimum atomic E-state index is -4.15. The SMILES string of the molecule is CCC(C)NC(=O)C(C)N(Cc1ccc(Cl)cc1Cl)C(=O)CN(c1cc(C)cc(C)c1)S(=O)(=O)c1ccc(C)cc1. The van der Waals surface area contributed by atoms with Crippen molar-refractivity contribution in [3.05, 3.63) is 93.0 Å². The third kappa shape index (κ3) is 8.24. The van der Waals surface area contributed by atoms with Gasteiger partial charge in [0.15, 0.2) is 0 Å². The highest BCUT2D eigenvalue weighted by atomic mass is 35.5. The van der Waals surface area contributed by atoms with Crippen molar-refractivity contribution in [2.24, 2.45) is 0 Å². The van der Waals surface area contributed by atoms with Gasteiger partial charge in [0.05, 0.1) is 10.6 Å². The van der Waals surface area contributed by atoms with Gasteiger partial charge >= 0.3 is 0 Å². The van der Waals surface area contributed by atoms with Gasteiger partial charge in [-0.25, -0.2) is 8.42 Å². The van der Waals surface area contributed by atoms with Crippen LogP contribution >= 0.6 is 23.2 Å². The molecule has 3 aromatic rings. The second-order valence-corrected chi connectivity index (χ2v) is 13.1. The maximum Gasteiger partial charge on any atom is 0.264 e. The maximum atomic E-state index is 14.1. The van der Waals surface area contributed by atoms with Crippen LogP contribution in [0.25, 0.3) is 0 Å². The maximum absolute atomic E-state index is 14.1. The lowest BCUT2D eigenvalue weighted by atomic mass is 10.1. The molecule has 7 nitrogen and oxygen atoms in total. The second-order valence-electron chi connectivity index (χ2n) is 10.4. The summed E-state index contributed by atoms with van der Waals surface area (Å²) in [4.78, 5) is 28.7. The molecule has 41 heavy (non-hydrogen) atoms. The highest BCUT2D eigenvalue weighted by molar-refractivity contribution is 7.92. The second kappa shape index (κ2) is 13.7. The van der Waals surface area contributed by atoms with E-state index in [0.717, 1.165) is 21.0 Å². The van der Waals surface area contributed by atoms with Gasteiger partial charge in [-0.15, -0.1) is 0 Å². The first-order valence-corrected chi connectivity index (χ1v) is 15.6. The Balaban J connectivity index is 2.08. The van der Waals surface area contributed by atoms with Crippen molar-refractivity contribution in [2.45, 2.75) is 71.5 Å². The van der Waals surface area contributed by atoms with E-state index < -0.39 is 28.5 Å². The van der Waals surface area contributed by atoms with Crippen LogP contribution in [0.15, 0.2) is 65.6 Å². The zero-order valence-electron chi connectivity index (χ0n) is 24.2. The van der Waals surface area contributed by atoms with Crippen molar-refractivity contribution in [1.29, 1.82) is 0 Å². The Hall–Kier alpha value is -3.07. The number of nitrogens with one attached hydrogen (secondary N) is 1. The summed E-state index contributed by atoms with van der Waals surface area (Å²) in [6, 6.07) is 15.8. The standard InChI is InChI=1S/C31H37Cl2N3O4S/c1-7-23(5)34-31(38)24(6)35(18-25-10-11-26(32)17-29(25)33)30(37)19-36(27-15-21(3)14-22(4)16-27)41(39,40)28-12-8-20(2)9-13-28/h8-17,23-24H,7,18-19H2,1-6H3,(H,34,38). The van der Waals surface area contributed by atoms with Crippen LogP contribution < -0.4 is 9.62 Å². The monoisotopic (exact) mass is 617 g/mol. The normalized spacial score (nSPS) is 12.9. The summed E-state index contributed by atoms with van der Waals surface area (Å²) in [6.45, 7) is 10.5. The van der Waals surface area contributed by atoms with Gasteiger partial charge in [-0.2, -0.15) is 0 Å². The van der Waals surface area contributed by atoms with Crippen LogP contribution in [-0.2, 0) is 26.2 Å². The van der Waals surface area contributed by atoms with Crippen LogP contribution in [0, 0.1) is 20.8 Å². The molecule has 0 aliphatic rings. The third-order valence-electron chi connectivity index (χ3n) is 6.91. The largest absolute Gasteiger partial charge is 0.352 e. The fourth-order valence-electron chi connectivity index (χ4n) is 4.34. The Morgan fingerprint density at radius 1 is 0.878 bits per heavy atom. The zero-order chi connectivity index (χ0) is 30.5. The van der Waals surface area contributed by atoms with E-state index in [2.05, 4.69) is 5.32 Å². The number of nitrogens with zero attached hydrogens (tertiary/aromatic N) is 2. The number of anilines is 1. The van der Waals surface area contributed by atoms with E-state index in [1.165, 1.54) is 17.0 Å². The van der Waals surface area contributed by atoms with E-state index in [0.29, 0.717) is 27.7 Å². The minimum absolute atomic E-state index is 0.0187. The Bertz CT molecular complexity index is 1490. The van der Waals surface area contributed by atoms with Gasteiger partial charge in [0.25, 0.3) is 10.0 Å². The topological polar surface area (TPSA) is 86.8 Å². The summed E-state index contributed by atoms with van der Waals surface area (Å²) in [6.07, 6.45) is 0.713. The number of aryl methyl sites for hydroxylation is 3. The molecule has 0 saturated carbocycles. The highest BCUT2D eigenvalue weighted by Crippen LogP contribution is 2.28. The Morgan fingerprint density at radius 2 is 1.49 bits per heavy atom. The van der Waals surface area contributed by atoms with E-state index in [1.807, 2.05) is 40.7 Å². The number of hydrogen-bond donors (Lipinski definition) is 1.